The van der Waals surface area contributed by atoms with Crippen LogP contribution in [0.2, 0.25) is 0 Å². The first kappa shape index (κ1) is 14.2. The van der Waals surface area contributed by atoms with Gasteiger partial charge in [-0.2, -0.15) is 24.9 Å². The van der Waals surface area contributed by atoms with Crippen molar-refractivity contribution in [3.63, 3.8) is 0 Å². The van der Waals surface area contributed by atoms with E-state index >= 15 is 0 Å². The standard InChI is InChI=1S/C14H16F3NOS/c15-14(16,17)12-5-4-9(8-18-12)13(19)6-10-2-1-3-11(7-13)20-10/h4-5,8,10-11,19H,1-3,6-7H2. The lowest BCUT2D eigenvalue weighted by Gasteiger charge is -2.44. The van der Waals surface area contributed by atoms with Gasteiger partial charge in [0.1, 0.15) is 5.69 Å². The summed E-state index contributed by atoms with van der Waals surface area (Å²) in [5.41, 5.74) is -1.41. The van der Waals surface area contributed by atoms with Gasteiger partial charge in [0.25, 0.3) is 0 Å². The van der Waals surface area contributed by atoms with Crippen molar-refractivity contribution >= 4 is 11.8 Å². The van der Waals surface area contributed by atoms with E-state index in [9.17, 15) is 18.3 Å². The molecular formula is C14H16F3NOS. The monoisotopic (exact) mass is 303 g/mol. The fourth-order valence-corrected chi connectivity index (χ4v) is 5.08. The summed E-state index contributed by atoms with van der Waals surface area (Å²) in [4.78, 5) is 3.47. The highest BCUT2D eigenvalue weighted by Crippen LogP contribution is 2.49. The van der Waals surface area contributed by atoms with Gasteiger partial charge in [0.15, 0.2) is 0 Å². The molecule has 3 rings (SSSR count). The number of nitrogens with zero attached hydrogens (tertiary/aromatic N) is 1. The summed E-state index contributed by atoms with van der Waals surface area (Å²) in [7, 11) is 0. The summed E-state index contributed by atoms with van der Waals surface area (Å²) in [5, 5.41) is 11.6. The van der Waals surface area contributed by atoms with Crippen molar-refractivity contribution in [2.45, 2.75) is 54.4 Å². The molecular weight excluding hydrogens is 287 g/mol. The Morgan fingerprint density at radius 1 is 1.20 bits per heavy atom. The summed E-state index contributed by atoms with van der Waals surface area (Å²) >= 11 is 1.92. The Labute approximate surface area is 119 Å². The molecule has 1 aromatic rings. The van der Waals surface area contributed by atoms with E-state index in [0.717, 1.165) is 18.9 Å². The van der Waals surface area contributed by atoms with Crippen molar-refractivity contribution in [3.8, 4) is 0 Å². The molecule has 0 aromatic carbocycles. The van der Waals surface area contributed by atoms with E-state index in [1.807, 2.05) is 11.8 Å². The lowest BCUT2D eigenvalue weighted by atomic mass is 9.81. The molecule has 2 saturated heterocycles. The topological polar surface area (TPSA) is 33.1 Å². The highest BCUT2D eigenvalue weighted by Gasteiger charge is 2.43. The highest BCUT2D eigenvalue weighted by atomic mass is 32.2. The second kappa shape index (κ2) is 4.91. The molecule has 2 atom stereocenters. The van der Waals surface area contributed by atoms with Gasteiger partial charge in [-0.05, 0) is 31.7 Å². The Hall–Kier alpha value is -0.750. The minimum Gasteiger partial charge on any atom is -0.385 e. The quantitative estimate of drug-likeness (QED) is 0.858. The van der Waals surface area contributed by atoms with Gasteiger partial charge in [-0.1, -0.05) is 12.5 Å². The molecule has 2 aliphatic rings. The minimum absolute atomic E-state index is 0.412. The summed E-state index contributed by atoms with van der Waals surface area (Å²) < 4.78 is 37.6. The van der Waals surface area contributed by atoms with Crippen molar-refractivity contribution in [1.29, 1.82) is 0 Å². The van der Waals surface area contributed by atoms with Crippen LogP contribution < -0.4 is 0 Å². The minimum atomic E-state index is -4.43. The maximum absolute atomic E-state index is 12.5. The predicted octanol–water partition coefficient (Wildman–Crippen LogP) is 3.74. The number of alkyl halides is 3. The molecule has 0 amide bonds. The first-order valence-corrected chi connectivity index (χ1v) is 7.73. The number of hydrogen-bond acceptors (Lipinski definition) is 3. The molecule has 1 aromatic heterocycles. The average Bonchev–Trinajstić information content (AvgIpc) is 2.37. The van der Waals surface area contributed by atoms with Crippen LogP contribution in [0.4, 0.5) is 13.2 Å². The van der Waals surface area contributed by atoms with Crippen molar-refractivity contribution < 1.29 is 18.3 Å². The SMILES string of the molecule is OC1(c2ccc(C(F)(F)F)nc2)CC2CCCC(C1)S2. The third-order valence-electron chi connectivity index (χ3n) is 4.16. The highest BCUT2D eigenvalue weighted by molar-refractivity contribution is 8.00. The van der Waals surface area contributed by atoms with Crippen LogP contribution in [-0.2, 0) is 11.8 Å². The molecule has 1 N–H and O–H groups in total. The average molecular weight is 303 g/mol. The van der Waals surface area contributed by atoms with Gasteiger partial charge in [0.2, 0.25) is 0 Å². The number of hydrogen-bond donors (Lipinski definition) is 1. The second-order valence-electron chi connectivity index (χ2n) is 5.68. The lowest BCUT2D eigenvalue weighted by molar-refractivity contribution is -0.141. The zero-order valence-corrected chi connectivity index (χ0v) is 11.7. The van der Waals surface area contributed by atoms with Crippen LogP contribution in [0.3, 0.4) is 0 Å². The zero-order chi connectivity index (χ0) is 14.4. The van der Waals surface area contributed by atoms with E-state index in [4.69, 9.17) is 0 Å². The number of aliphatic hydroxyl groups is 1. The molecule has 0 spiro atoms. The van der Waals surface area contributed by atoms with Crippen LogP contribution in [0.5, 0.6) is 0 Å². The van der Waals surface area contributed by atoms with Gasteiger partial charge >= 0.3 is 6.18 Å². The Kier molecular flexibility index (Phi) is 3.49. The fourth-order valence-electron chi connectivity index (χ4n) is 3.19. The summed E-state index contributed by atoms with van der Waals surface area (Å²) in [5.74, 6) is 0. The Morgan fingerprint density at radius 2 is 1.85 bits per heavy atom. The maximum atomic E-state index is 12.5. The largest absolute Gasteiger partial charge is 0.433 e. The maximum Gasteiger partial charge on any atom is 0.433 e. The fraction of sp³-hybridized carbons (Fsp3) is 0.643. The lowest BCUT2D eigenvalue weighted by Crippen LogP contribution is -2.40. The number of halogens is 3. The molecule has 2 bridgehead atoms. The Bertz CT molecular complexity index is 476. The summed E-state index contributed by atoms with van der Waals surface area (Å²) in [6.07, 6.45) is 1.33. The zero-order valence-electron chi connectivity index (χ0n) is 10.9. The van der Waals surface area contributed by atoms with Gasteiger partial charge in [0, 0.05) is 22.3 Å². The summed E-state index contributed by atoms with van der Waals surface area (Å²) in [6.45, 7) is 0. The number of pyridine rings is 1. The smallest absolute Gasteiger partial charge is 0.385 e. The van der Waals surface area contributed by atoms with E-state index in [0.29, 0.717) is 28.9 Å². The van der Waals surface area contributed by atoms with Gasteiger partial charge in [-0.25, -0.2) is 0 Å². The van der Waals surface area contributed by atoms with E-state index in [1.54, 1.807) is 0 Å². The molecule has 20 heavy (non-hydrogen) atoms. The van der Waals surface area contributed by atoms with Gasteiger partial charge in [-0.15, -0.1) is 0 Å². The molecule has 110 valence electrons. The van der Waals surface area contributed by atoms with Crippen LogP contribution in [0, 0.1) is 0 Å². The third kappa shape index (κ3) is 2.68. The van der Waals surface area contributed by atoms with Gasteiger partial charge in [0.05, 0.1) is 5.60 Å². The van der Waals surface area contributed by atoms with Crippen molar-refractivity contribution in [2.75, 3.05) is 0 Å². The van der Waals surface area contributed by atoms with Crippen LogP contribution in [-0.4, -0.2) is 20.6 Å². The first-order chi connectivity index (χ1) is 9.37. The van der Waals surface area contributed by atoms with E-state index in [2.05, 4.69) is 4.98 Å². The predicted molar refractivity (Wildman–Crippen MR) is 71.4 cm³/mol. The number of aromatic nitrogens is 1. The molecule has 0 saturated carbocycles. The van der Waals surface area contributed by atoms with Gasteiger partial charge < -0.3 is 5.11 Å². The van der Waals surface area contributed by atoms with Gasteiger partial charge in [-0.3, -0.25) is 4.98 Å². The third-order valence-corrected chi connectivity index (χ3v) is 5.73. The van der Waals surface area contributed by atoms with Crippen LogP contribution in [0.1, 0.15) is 43.4 Å². The molecule has 0 aliphatic carbocycles. The number of thioether (sulfide) groups is 1. The molecule has 0 radical (unpaired) electrons. The molecule has 2 fully saturated rings. The molecule has 3 heterocycles. The first-order valence-electron chi connectivity index (χ1n) is 6.78. The molecule has 2 unspecified atom stereocenters. The molecule has 2 nitrogen and oxygen atoms in total. The van der Waals surface area contributed by atoms with Crippen LogP contribution >= 0.6 is 11.8 Å². The Balaban J connectivity index is 1.84. The molecule has 2 aliphatic heterocycles. The molecule has 6 heteroatoms. The van der Waals surface area contributed by atoms with Crippen molar-refractivity contribution in [1.82, 2.24) is 4.98 Å². The number of fused-ring (bicyclic) bond motifs is 2. The summed E-state index contributed by atoms with van der Waals surface area (Å²) in [6, 6.07) is 2.34. The van der Waals surface area contributed by atoms with Crippen molar-refractivity contribution in [3.05, 3.63) is 29.6 Å². The second-order valence-corrected chi connectivity index (χ2v) is 7.29. The Morgan fingerprint density at radius 3 is 2.35 bits per heavy atom. The van der Waals surface area contributed by atoms with Crippen molar-refractivity contribution in [2.24, 2.45) is 0 Å². The van der Waals surface area contributed by atoms with Crippen LogP contribution in [0.25, 0.3) is 0 Å². The van der Waals surface area contributed by atoms with E-state index in [-0.39, 0.29) is 0 Å². The van der Waals surface area contributed by atoms with Crippen LogP contribution in [0.15, 0.2) is 18.3 Å². The normalized spacial score (nSPS) is 34.0. The van der Waals surface area contributed by atoms with E-state index in [1.165, 1.54) is 18.7 Å². The number of rotatable bonds is 1. The van der Waals surface area contributed by atoms with E-state index < -0.39 is 17.5 Å².